The molecule has 0 spiro atoms. The molecule has 0 atom stereocenters. The van der Waals surface area contributed by atoms with Crippen molar-refractivity contribution in [2.45, 2.75) is 46.3 Å². The predicted octanol–water partition coefficient (Wildman–Crippen LogP) is 4.80. The second-order valence-corrected chi connectivity index (χ2v) is 8.03. The Balaban J connectivity index is 1.93. The van der Waals surface area contributed by atoms with Gasteiger partial charge >= 0.3 is 0 Å². The van der Waals surface area contributed by atoms with Gasteiger partial charge in [0.1, 0.15) is 5.75 Å². The summed E-state index contributed by atoms with van der Waals surface area (Å²) in [5.41, 5.74) is 0.559. The number of ether oxygens (including phenoxy) is 1. The molecule has 2 N–H and O–H groups in total. The van der Waals surface area contributed by atoms with E-state index in [0.717, 1.165) is 5.56 Å². The van der Waals surface area contributed by atoms with E-state index in [4.69, 9.17) is 16.3 Å². The van der Waals surface area contributed by atoms with Crippen LogP contribution in [0.2, 0.25) is 5.02 Å². The average molecular weight is 403 g/mol. The zero-order valence-electron chi connectivity index (χ0n) is 16.7. The predicted molar refractivity (Wildman–Crippen MR) is 113 cm³/mol. The molecule has 28 heavy (non-hydrogen) atoms. The van der Waals surface area contributed by atoms with Gasteiger partial charge in [-0.2, -0.15) is 0 Å². The van der Waals surface area contributed by atoms with Crippen LogP contribution in [0.5, 0.6) is 5.75 Å². The molecule has 2 aromatic rings. The summed E-state index contributed by atoms with van der Waals surface area (Å²) in [5.74, 6) is 0.607. The van der Waals surface area contributed by atoms with E-state index >= 15 is 0 Å². The fourth-order valence-corrected chi connectivity index (χ4v) is 2.71. The van der Waals surface area contributed by atoms with Crippen molar-refractivity contribution in [1.29, 1.82) is 0 Å². The molecule has 0 unspecified atom stereocenters. The summed E-state index contributed by atoms with van der Waals surface area (Å²) in [5, 5.41) is 6.37. The van der Waals surface area contributed by atoms with Gasteiger partial charge in [0.2, 0.25) is 5.91 Å². The Labute approximate surface area is 171 Å². The lowest BCUT2D eigenvalue weighted by Gasteiger charge is -2.25. The fraction of sp³-hybridized carbons (Fsp3) is 0.364. The number of carbonyl (C=O) groups is 2. The third kappa shape index (κ3) is 6.89. The van der Waals surface area contributed by atoms with E-state index in [0.29, 0.717) is 35.3 Å². The first-order chi connectivity index (χ1) is 13.2. The van der Waals surface area contributed by atoms with Gasteiger partial charge in [0.25, 0.3) is 5.91 Å². The monoisotopic (exact) mass is 402 g/mol. The number of hydrogen-bond donors (Lipinski definition) is 2. The molecule has 0 aliphatic heterocycles. The number of hydrogen-bond acceptors (Lipinski definition) is 3. The van der Waals surface area contributed by atoms with Crippen LogP contribution in [0.4, 0.5) is 5.69 Å². The highest BCUT2D eigenvalue weighted by molar-refractivity contribution is 6.30. The Bertz CT molecular complexity index is 817. The quantitative estimate of drug-likeness (QED) is 0.666. The van der Waals surface area contributed by atoms with E-state index in [-0.39, 0.29) is 11.8 Å². The number of carbonyl (C=O) groups excluding carboxylic acids is 2. The van der Waals surface area contributed by atoms with E-state index in [1.54, 1.807) is 38.1 Å². The number of anilines is 1. The largest absolute Gasteiger partial charge is 0.478 e. The SMILES string of the molecule is CC(C)CC(=O)Nc1cccc(CNC(=O)C(C)(C)Oc2ccc(Cl)cc2)c1. The van der Waals surface area contributed by atoms with Gasteiger partial charge in [-0.15, -0.1) is 0 Å². The molecule has 0 saturated carbocycles. The lowest BCUT2D eigenvalue weighted by Crippen LogP contribution is -2.46. The van der Waals surface area contributed by atoms with Gasteiger partial charge in [0, 0.05) is 23.7 Å². The molecule has 0 aliphatic carbocycles. The van der Waals surface area contributed by atoms with Crippen LogP contribution in [0, 0.1) is 5.92 Å². The highest BCUT2D eigenvalue weighted by Crippen LogP contribution is 2.21. The van der Waals surface area contributed by atoms with E-state index in [9.17, 15) is 9.59 Å². The maximum Gasteiger partial charge on any atom is 0.263 e. The van der Waals surface area contributed by atoms with Crippen molar-refractivity contribution in [3.05, 3.63) is 59.1 Å². The zero-order valence-corrected chi connectivity index (χ0v) is 17.5. The normalized spacial score (nSPS) is 11.2. The zero-order chi connectivity index (χ0) is 20.7. The van der Waals surface area contributed by atoms with Crippen LogP contribution in [0.1, 0.15) is 39.7 Å². The smallest absolute Gasteiger partial charge is 0.263 e. The van der Waals surface area contributed by atoms with Crippen LogP contribution in [0.15, 0.2) is 48.5 Å². The molecule has 5 nitrogen and oxygen atoms in total. The van der Waals surface area contributed by atoms with Crippen molar-refractivity contribution in [3.8, 4) is 5.75 Å². The van der Waals surface area contributed by atoms with Crippen molar-refractivity contribution in [3.63, 3.8) is 0 Å². The van der Waals surface area contributed by atoms with Crippen LogP contribution >= 0.6 is 11.6 Å². The summed E-state index contributed by atoms with van der Waals surface area (Å²) in [6.45, 7) is 7.75. The van der Waals surface area contributed by atoms with Crippen molar-refractivity contribution >= 4 is 29.1 Å². The summed E-state index contributed by atoms with van der Waals surface area (Å²) in [6, 6.07) is 14.3. The first-order valence-electron chi connectivity index (χ1n) is 9.27. The van der Waals surface area contributed by atoms with Gasteiger partial charge in [-0.25, -0.2) is 0 Å². The van der Waals surface area contributed by atoms with Crippen LogP contribution in [0.25, 0.3) is 0 Å². The Morgan fingerprint density at radius 3 is 2.43 bits per heavy atom. The highest BCUT2D eigenvalue weighted by Gasteiger charge is 2.29. The number of halogens is 1. The van der Waals surface area contributed by atoms with Crippen molar-refractivity contribution < 1.29 is 14.3 Å². The Kier molecular flexibility index (Phi) is 7.46. The molecule has 0 heterocycles. The molecule has 2 rings (SSSR count). The topological polar surface area (TPSA) is 67.4 Å². The molecular weight excluding hydrogens is 376 g/mol. The van der Waals surface area contributed by atoms with Crippen molar-refractivity contribution in [2.75, 3.05) is 5.32 Å². The average Bonchev–Trinajstić information content (AvgIpc) is 2.61. The lowest BCUT2D eigenvalue weighted by atomic mass is 10.1. The molecule has 0 radical (unpaired) electrons. The van der Waals surface area contributed by atoms with Crippen LogP contribution < -0.4 is 15.4 Å². The first kappa shape index (κ1) is 21.8. The van der Waals surface area contributed by atoms with Crippen LogP contribution in [0.3, 0.4) is 0 Å². The van der Waals surface area contributed by atoms with Gasteiger partial charge in [0.05, 0.1) is 0 Å². The summed E-state index contributed by atoms with van der Waals surface area (Å²) in [7, 11) is 0. The molecule has 0 aliphatic rings. The van der Waals surface area contributed by atoms with Gasteiger partial charge < -0.3 is 15.4 Å². The van der Waals surface area contributed by atoms with E-state index < -0.39 is 5.60 Å². The number of rotatable bonds is 8. The van der Waals surface area contributed by atoms with Crippen LogP contribution in [-0.2, 0) is 16.1 Å². The third-order valence-corrected chi connectivity index (χ3v) is 4.24. The first-order valence-corrected chi connectivity index (χ1v) is 9.65. The van der Waals surface area contributed by atoms with Crippen molar-refractivity contribution in [1.82, 2.24) is 5.32 Å². The van der Waals surface area contributed by atoms with Gasteiger partial charge in [0.15, 0.2) is 5.60 Å². The summed E-state index contributed by atoms with van der Waals surface area (Å²) in [4.78, 5) is 24.5. The molecule has 0 aromatic heterocycles. The minimum Gasteiger partial charge on any atom is -0.478 e. The van der Waals surface area contributed by atoms with E-state index in [2.05, 4.69) is 10.6 Å². The Morgan fingerprint density at radius 1 is 1.11 bits per heavy atom. The Hall–Kier alpha value is -2.53. The van der Waals surface area contributed by atoms with Crippen LogP contribution in [-0.4, -0.2) is 17.4 Å². The summed E-state index contributed by atoms with van der Waals surface area (Å²) < 4.78 is 5.79. The molecule has 0 saturated heterocycles. The molecule has 0 bridgehead atoms. The number of amides is 2. The Morgan fingerprint density at radius 2 is 1.79 bits per heavy atom. The molecule has 2 amide bonds. The maximum absolute atomic E-state index is 12.6. The van der Waals surface area contributed by atoms with Crippen molar-refractivity contribution in [2.24, 2.45) is 5.92 Å². The third-order valence-electron chi connectivity index (χ3n) is 3.99. The number of nitrogens with one attached hydrogen (secondary N) is 2. The minimum atomic E-state index is -1.04. The molecule has 2 aromatic carbocycles. The van der Waals surface area contributed by atoms with Gasteiger partial charge in [-0.1, -0.05) is 37.6 Å². The van der Waals surface area contributed by atoms with E-state index in [1.165, 1.54) is 0 Å². The summed E-state index contributed by atoms with van der Waals surface area (Å²) in [6.07, 6.45) is 0.469. The summed E-state index contributed by atoms with van der Waals surface area (Å²) >= 11 is 5.87. The molecule has 150 valence electrons. The molecular formula is C22H27ClN2O3. The number of benzene rings is 2. The second kappa shape index (κ2) is 9.60. The molecule has 6 heteroatoms. The van der Waals surface area contributed by atoms with E-state index in [1.807, 2.05) is 38.1 Å². The fourth-order valence-electron chi connectivity index (χ4n) is 2.58. The standard InChI is InChI=1S/C22H27ClN2O3/c1-15(2)12-20(26)25-18-7-5-6-16(13-18)14-24-21(27)22(3,4)28-19-10-8-17(23)9-11-19/h5-11,13,15H,12,14H2,1-4H3,(H,24,27)(H,25,26). The molecule has 0 fully saturated rings. The maximum atomic E-state index is 12.6. The van der Waals surface area contributed by atoms with Gasteiger partial charge in [-0.05, 0) is 61.7 Å². The second-order valence-electron chi connectivity index (χ2n) is 7.60. The van der Waals surface area contributed by atoms with Gasteiger partial charge in [-0.3, -0.25) is 9.59 Å². The lowest BCUT2D eigenvalue weighted by molar-refractivity contribution is -0.134. The highest BCUT2D eigenvalue weighted by atomic mass is 35.5. The minimum absolute atomic E-state index is 0.0197.